The Morgan fingerprint density at radius 1 is 1.18 bits per heavy atom. The molecule has 1 heterocycles. The van der Waals surface area contributed by atoms with Crippen molar-refractivity contribution in [2.75, 3.05) is 45.7 Å². The summed E-state index contributed by atoms with van der Waals surface area (Å²) in [5.74, 6) is -8.05. The molecule has 7 N–H and O–H groups in total. The van der Waals surface area contributed by atoms with Gasteiger partial charge in [0, 0.05) is 30.6 Å². The molecule has 210 valence electrons. The Morgan fingerprint density at radius 2 is 1.85 bits per heavy atom. The van der Waals surface area contributed by atoms with Crippen LogP contribution in [0.3, 0.4) is 0 Å². The van der Waals surface area contributed by atoms with Crippen molar-refractivity contribution in [2.24, 2.45) is 23.5 Å². The van der Waals surface area contributed by atoms with Crippen LogP contribution in [-0.2, 0) is 20.7 Å². The molecule has 1 aromatic carbocycles. The molecule has 3 aliphatic carbocycles. The number of phenols is 1. The Morgan fingerprint density at radius 3 is 2.46 bits per heavy atom. The number of phenolic OH excluding ortho intramolecular Hbond substituents is 1. The molecule has 6 atom stereocenters. The molecule has 0 radical (unpaired) electrons. The second-order valence-corrected chi connectivity index (χ2v) is 10.8. The largest absolute Gasteiger partial charge is 0.508 e. The number of morpholine rings is 1. The lowest BCUT2D eigenvalue weighted by atomic mass is 9.56. The number of benzene rings is 1. The van der Waals surface area contributed by atoms with Gasteiger partial charge in [0.05, 0.1) is 30.6 Å². The van der Waals surface area contributed by atoms with E-state index in [-0.39, 0.29) is 29.7 Å². The molecule has 1 saturated carbocycles. The minimum atomic E-state index is -2.65. The van der Waals surface area contributed by atoms with E-state index in [9.17, 15) is 39.6 Å². The van der Waals surface area contributed by atoms with Gasteiger partial charge in [0.1, 0.15) is 11.7 Å². The second-order valence-electron chi connectivity index (χ2n) is 10.8. The molecule has 13 nitrogen and oxygen atoms in total. The molecule has 0 bridgehead atoms. The summed E-state index contributed by atoms with van der Waals surface area (Å²) in [5, 5.41) is 47.6. The van der Waals surface area contributed by atoms with E-state index < -0.39 is 70.5 Å². The number of primary amides is 1. The number of Topliss-reactive ketones (excluding diaryl/α,β-unsaturated/α-hetero) is 2. The molecule has 0 spiro atoms. The van der Waals surface area contributed by atoms with Gasteiger partial charge in [-0.05, 0) is 44.5 Å². The number of anilines is 1. The summed E-state index contributed by atoms with van der Waals surface area (Å²) in [7, 11) is 3.20. The van der Waals surface area contributed by atoms with Gasteiger partial charge in [0.25, 0.3) is 0 Å². The van der Waals surface area contributed by atoms with Crippen LogP contribution >= 0.6 is 0 Å². The van der Waals surface area contributed by atoms with Crippen LogP contribution < -0.4 is 11.1 Å². The Labute approximate surface area is 223 Å². The van der Waals surface area contributed by atoms with Crippen molar-refractivity contribution in [2.45, 2.75) is 30.6 Å². The van der Waals surface area contributed by atoms with E-state index in [0.717, 1.165) is 0 Å². The number of urea groups is 1. The average Bonchev–Trinajstić information content (AvgIpc) is 2.88. The van der Waals surface area contributed by atoms with Gasteiger partial charge in [0.15, 0.2) is 22.9 Å². The first-order valence-corrected chi connectivity index (χ1v) is 12.8. The van der Waals surface area contributed by atoms with Crippen LogP contribution in [0.25, 0.3) is 0 Å². The first kappa shape index (κ1) is 27.1. The van der Waals surface area contributed by atoms with Gasteiger partial charge in [-0.3, -0.25) is 14.4 Å². The number of hydrogen-bond donors (Lipinski definition) is 6. The standard InChI is InChI=1S/C26H32N4O9/c1-29(2)18-13-10-12-9-11-3-4-14(28-25(37)30-5-7-39-8-6-30)19(31)15(11)20(32)16(12)22(34)26(13,38)23(35)17(21(18)33)24(27)36/h3-4,12-13,17-18,21,31,33-34,38H,5-10H2,1-2H3,(H2,27,36)(H,28,37)/t12-,13-,17?,18-,21?,26-/m0/s1. The number of hydrogen-bond acceptors (Lipinski definition) is 10. The van der Waals surface area contributed by atoms with Gasteiger partial charge in [-0.15, -0.1) is 0 Å². The van der Waals surface area contributed by atoms with Crippen molar-refractivity contribution in [3.8, 4) is 5.75 Å². The number of fused-ring (bicyclic) bond motifs is 3. The minimum absolute atomic E-state index is 0.0112. The van der Waals surface area contributed by atoms with Crippen LogP contribution in [0.2, 0.25) is 0 Å². The summed E-state index contributed by atoms with van der Waals surface area (Å²) in [4.78, 5) is 55.0. The van der Waals surface area contributed by atoms with Crippen LogP contribution in [0.5, 0.6) is 5.75 Å². The zero-order valence-electron chi connectivity index (χ0n) is 21.6. The van der Waals surface area contributed by atoms with Gasteiger partial charge >= 0.3 is 6.03 Å². The van der Waals surface area contributed by atoms with Crippen molar-refractivity contribution >= 4 is 29.2 Å². The number of allylic oxidation sites excluding steroid dienone is 1. The predicted octanol–water partition coefficient (Wildman–Crippen LogP) is -0.850. The van der Waals surface area contributed by atoms with Gasteiger partial charge in [0.2, 0.25) is 5.91 Å². The SMILES string of the molecule is CN(C)[C@@H]1C(O)C(C(N)=O)C(=O)[C@@]2(O)C(O)=C3C(=O)c4c(ccc(NC(=O)N5CCOCC5)c4O)C[C@H]3C[C@@H]12. The fraction of sp³-hybridized carbons (Fsp3) is 0.538. The highest BCUT2D eigenvalue weighted by atomic mass is 16.5. The van der Waals surface area contributed by atoms with Gasteiger partial charge in [-0.25, -0.2) is 4.79 Å². The van der Waals surface area contributed by atoms with E-state index in [0.29, 0.717) is 31.9 Å². The third-order valence-electron chi connectivity index (χ3n) is 8.51. The lowest BCUT2D eigenvalue weighted by Crippen LogP contribution is -2.71. The summed E-state index contributed by atoms with van der Waals surface area (Å²) in [5.41, 5.74) is 2.79. The molecule has 0 aromatic heterocycles. The zero-order valence-corrected chi connectivity index (χ0v) is 21.6. The molecule has 4 aliphatic rings. The molecule has 13 heteroatoms. The molecule has 2 unspecified atom stereocenters. The van der Waals surface area contributed by atoms with Crippen molar-refractivity contribution in [3.05, 3.63) is 34.6 Å². The Hall–Kier alpha value is -3.52. The van der Waals surface area contributed by atoms with Crippen molar-refractivity contribution in [1.82, 2.24) is 9.80 Å². The van der Waals surface area contributed by atoms with Gasteiger partial charge in [-0.1, -0.05) is 6.07 Å². The fourth-order valence-electron chi connectivity index (χ4n) is 6.64. The van der Waals surface area contributed by atoms with Crippen molar-refractivity contribution < 1.29 is 44.3 Å². The summed E-state index contributed by atoms with van der Waals surface area (Å²) in [6, 6.07) is 1.67. The van der Waals surface area contributed by atoms with Crippen molar-refractivity contribution in [3.63, 3.8) is 0 Å². The molecule has 1 aliphatic heterocycles. The second kappa shape index (κ2) is 9.59. The summed E-state index contributed by atoms with van der Waals surface area (Å²) in [6.45, 7) is 1.48. The number of nitrogens with one attached hydrogen (secondary N) is 1. The number of amides is 3. The fourth-order valence-corrected chi connectivity index (χ4v) is 6.64. The van der Waals surface area contributed by atoms with Crippen LogP contribution in [0.4, 0.5) is 10.5 Å². The van der Waals surface area contributed by atoms with E-state index in [4.69, 9.17) is 10.5 Å². The van der Waals surface area contributed by atoms with E-state index in [1.807, 2.05) is 0 Å². The Kier molecular flexibility index (Phi) is 6.66. The van der Waals surface area contributed by atoms with Crippen LogP contribution in [0.1, 0.15) is 22.3 Å². The highest BCUT2D eigenvalue weighted by molar-refractivity contribution is 6.16. The number of aromatic hydroxyl groups is 1. The lowest BCUT2D eigenvalue weighted by Gasteiger charge is -2.53. The van der Waals surface area contributed by atoms with E-state index in [1.54, 1.807) is 25.1 Å². The number of carbonyl (C=O) groups excluding carboxylic acids is 4. The van der Waals surface area contributed by atoms with E-state index >= 15 is 0 Å². The smallest absolute Gasteiger partial charge is 0.322 e. The number of likely N-dealkylation sites (N-methyl/N-ethyl adjacent to an activating group) is 1. The average molecular weight is 545 g/mol. The molecule has 3 amide bonds. The number of rotatable bonds is 3. The summed E-state index contributed by atoms with van der Waals surface area (Å²) in [6.07, 6.45) is -1.31. The first-order valence-electron chi connectivity index (χ1n) is 12.8. The molecular formula is C26H32N4O9. The number of ether oxygens (including phenoxy) is 1. The lowest BCUT2D eigenvalue weighted by molar-refractivity contribution is -0.178. The molecule has 1 saturated heterocycles. The molecule has 39 heavy (non-hydrogen) atoms. The Bertz CT molecular complexity index is 1290. The summed E-state index contributed by atoms with van der Waals surface area (Å²) < 4.78 is 5.24. The van der Waals surface area contributed by atoms with Crippen LogP contribution in [0, 0.1) is 17.8 Å². The number of nitrogens with zero attached hydrogens (tertiary/aromatic N) is 2. The third-order valence-corrected chi connectivity index (χ3v) is 8.51. The predicted molar refractivity (Wildman–Crippen MR) is 135 cm³/mol. The molecule has 5 rings (SSSR count). The van der Waals surface area contributed by atoms with Crippen LogP contribution in [-0.4, -0.2) is 112 Å². The minimum Gasteiger partial charge on any atom is -0.508 e. The number of nitrogens with two attached hydrogens (primary N) is 1. The van der Waals surface area contributed by atoms with Gasteiger partial charge in [-0.2, -0.15) is 0 Å². The maximum Gasteiger partial charge on any atom is 0.322 e. The third kappa shape index (κ3) is 3.99. The number of aliphatic hydroxyl groups is 3. The molecular weight excluding hydrogens is 512 g/mol. The topological polar surface area (TPSA) is 203 Å². The normalized spacial score (nSPS) is 32.4. The number of aliphatic hydroxyl groups excluding tert-OH is 2. The van der Waals surface area contributed by atoms with E-state index in [1.165, 1.54) is 11.0 Å². The van der Waals surface area contributed by atoms with E-state index in [2.05, 4.69) is 5.32 Å². The van der Waals surface area contributed by atoms with Crippen molar-refractivity contribution in [1.29, 1.82) is 0 Å². The number of carbonyl (C=O) groups is 4. The molecule has 2 fully saturated rings. The Balaban J connectivity index is 1.56. The maximum absolute atomic E-state index is 13.7. The highest BCUT2D eigenvalue weighted by Gasteiger charge is 2.66. The quantitative estimate of drug-likeness (QED) is 0.205. The monoisotopic (exact) mass is 544 g/mol. The molecule has 1 aromatic rings. The highest BCUT2D eigenvalue weighted by Crippen LogP contribution is 2.52. The maximum atomic E-state index is 13.7. The van der Waals surface area contributed by atoms with Gasteiger partial charge < -0.3 is 46.0 Å². The number of ketones is 2. The zero-order chi connectivity index (χ0) is 28.4. The summed E-state index contributed by atoms with van der Waals surface area (Å²) >= 11 is 0. The van der Waals surface area contributed by atoms with Crippen LogP contribution in [0.15, 0.2) is 23.5 Å². The first-order chi connectivity index (χ1) is 18.4.